The number of fused-ring (bicyclic) bond motifs is 1. The number of aromatic amines is 1. The lowest BCUT2D eigenvalue weighted by molar-refractivity contribution is 0.414. The van der Waals surface area contributed by atoms with Crippen molar-refractivity contribution in [2.75, 3.05) is 7.11 Å². The number of hydrogen-bond donors (Lipinski definition) is 1. The van der Waals surface area contributed by atoms with Gasteiger partial charge < -0.3 is 14.1 Å². The van der Waals surface area contributed by atoms with Crippen molar-refractivity contribution in [2.45, 2.75) is 19.3 Å². The number of rotatable bonds is 6. The van der Waals surface area contributed by atoms with E-state index in [4.69, 9.17) is 9.15 Å². The molecule has 4 rings (SSSR count). The van der Waals surface area contributed by atoms with E-state index in [1.807, 2.05) is 36.4 Å². The molecule has 4 aromatic rings. The zero-order valence-corrected chi connectivity index (χ0v) is 15.2. The molecular weight excluding hydrogens is 338 g/mol. The average molecular weight is 359 g/mol. The van der Waals surface area contributed by atoms with Crippen LogP contribution in [-0.2, 0) is 12.8 Å². The van der Waals surface area contributed by atoms with Crippen molar-refractivity contribution in [1.82, 2.24) is 4.98 Å². The first kappa shape index (κ1) is 17.2. The molecule has 2 aromatic heterocycles. The van der Waals surface area contributed by atoms with Gasteiger partial charge in [-0.05, 0) is 37.0 Å². The van der Waals surface area contributed by atoms with Crippen LogP contribution in [0.4, 0.5) is 0 Å². The quantitative estimate of drug-likeness (QED) is 0.529. The molecule has 0 aliphatic rings. The third-order valence-corrected chi connectivity index (χ3v) is 4.78. The molecule has 0 saturated heterocycles. The Morgan fingerprint density at radius 2 is 1.85 bits per heavy atom. The Balaban J connectivity index is 1.66. The maximum atomic E-state index is 11.2. The van der Waals surface area contributed by atoms with E-state index in [1.165, 1.54) is 5.56 Å². The maximum Gasteiger partial charge on any atom is 0.247 e. The number of furan rings is 1. The Morgan fingerprint density at radius 3 is 2.59 bits per heavy atom. The van der Waals surface area contributed by atoms with Crippen molar-refractivity contribution in [2.24, 2.45) is 0 Å². The largest absolute Gasteiger partial charge is 0.497 e. The molecule has 0 amide bonds. The Hall–Kier alpha value is -3.27. The van der Waals surface area contributed by atoms with E-state index in [0.717, 1.165) is 52.9 Å². The highest BCUT2D eigenvalue weighted by Gasteiger charge is 2.16. The van der Waals surface area contributed by atoms with Gasteiger partial charge in [-0.15, -0.1) is 0 Å². The highest BCUT2D eigenvalue weighted by molar-refractivity contribution is 5.88. The van der Waals surface area contributed by atoms with Crippen LogP contribution in [0.1, 0.15) is 17.5 Å². The summed E-state index contributed by atoms with van der Waals surface area (Å²) in [6.45, 7) is 0. The summed E-state index contributed by atoms with van der Waals surface area (Å²) in [5, 5.41) is 1.12. The molecule has 0 atom stereocenters. The third kappa shape index (κ3) is 3.65. The number of H-pyrrole nitrogens is 1. The molecule has 4 nitrogen and oxygen atoms in total. The molecule has 2 aromatic carbocycles. The second-order valence-electron chi connectivity index (χ2n) is 6.55. The first-order valence-electron chi connectivity index (χ1n) is 9.07. The van der Waals surface area contributed by atoms with E-state index in [-0.39, 0.29) is 5.56 Å². The van der Waals surface area contributed by atoms with Crippen LogP contribution in [0.2, 0.25) is 0 Å². The summed E-state index contributed by atoms with van der Waals surface area (Å²) in [4.78, 5) is 13.9. The number of aromatic nitrogens is 1. The van der Waals surface area contributed by atoms with Crippen molar-refractivity contribution in [3.05, 3.63) is 88.3 Å². The molecule has 2 heterocycles. The monoisotopic (exact) mass is 359 g/mol. The molecule has 1 N–H and O–H groups in total. The fourth-order valence-corrected chi connectivity index (χ4v) is 3.40. The van der Waals surface area contributed by atoms with E-state index >= 15 is 0 Å². The predicted molar refractivity (Wildman–Crippen MR) is 107 cm³/mol. The normalized spacial score (nSPS) is 11.0. The Kier molecular flexibility index (Phi) is 4.79. The van der Waals surface area contributed by atoms with Crippen LogP contribution >= 0.6 is 0 Å². The fraction of sp³-hybridized carbons (Fsp3) is 0.174. The van der Waals surface area contributed by atoms with Crippen LogP contribution in [0.15, 0.2) is 76.1 Å². The van der Waals surface area contributed by atoms with E-state index in [2.05, 4.69) is 23.2 Å². The van der Waals surface area contributed by atoms with Crippen molar-refractivity contribution in [3.63, 3.8) is 0 Å². The van der Waals surface area contributed by atoms with Crippen LogP contribution in [0.3, 0.4) is 0 Å². The van der Waals surface area contributed by atoms with Crippen LogP contribution in [0.25, 0.3) is 22.3 Å². The number of nitrogens with one attached hydrogen (secondary N) is 1. The first-order valence-corrected chi connectivity index (χ1v) is 9.07. The van der Waals surface area contributed by atoms with E-state index in [0.29, 0.717) is 0 Å². The molecular formula is C23H21NO3. The zero-order valence-electron chi connectivity index (χ0n) is 15.2. The van der Waals surface area contributed by atoms with Gasteiger partial charge in [0.15, 0.2) is 0 Å². The Morgan fingerprint density at radius 1 is 1.00 bits per heavy atom. The van der Waals surface area contributed by atoms with E-state index in [9.17, 15) is 4.79 Å². The molecule has 0 radical (unpaired) electrons. The highest BCUT2D eigenvalue weighted by Crippen LogP contribution is 2.36. The number of aryl methyl sites for hydroxylation is 2. The number of methoxy groups -OCH3 is 1. The summed E-state index contributed by atoms with van der Waals surface area (Å²) in [5.74, 6) is 1.70. The molecule has 136 valence electrons. The van der Waals surface area contributed by atoms with E-state index in [1.54, 1.807) is 19.4 Å². The van der Waals surface area contributed by atoms with Crippen LogP contribution in [0, 0.1) is 0 Å². The summed E-state index contributed by atoms with van der Waals surface area (Å²) in [6, 6.07) is 19.6. The number of hydrogen-bond acceptors (Lipinski definition) is 3. The number of pyridine rings is 1. The lowest BCUT2D eigenvalue weighted by atomic mass is 9.99. The van der Waals surface area contributed by atoms with Gasteiger partial charge in [-0.2, -0.15) is 0 Å². The second kappa shape index (κ2) is 7.54. The van der Waals surface area contributed by atoms with Crippen molar-refractivity contribution in [3.8, 4) is 17.1 Å². The molecule has 27 heavy (non-hydrogen) atoms. The predicted octanol–water partition coefficient (Wildman–Crippen LogP) is 4.97. The van der Waals surface area contributed by atoms with Gasteiger partial charge in [0.05, 0.1) is 7.11 Å². The van der Waals surface area contributed by atoms with Crippen molar-refractivity contribution in [1.29, 1.82) is 0 Å². The smallest absolute Gasteiger partial charge is 0.247 e. The zero-order chi connectivity index (χ0) is 18.6. The number of benzene rings is 2. The minimum atomic E-state index is -0.0695. The van der Waals surface area contributed by atoms with Gasteiger partial charge in [0, 0.05) is 34.8 Å². The van der Waals surface area contributed by atoms with Gasteiger partial charge >= 0.3 is 0 Å². The Labute approximate surface area is 157 Å². The van der Waals surface area contributed by atoms with Gasteiger partial charge in [0.1, 0.15) is 17.1 Å². The summed E-state index contributed by atoms with van der Waals surface area (Å²) in [5.41, 5.74) is 4.19. The van der Waals surface area contributed by atoms with Gasteiger partial charge in [-0.3, -0.25) is 4.79 Å². The molecule has 0 unspecified atom stereocenters. The van der Waals surface area contributed by atoms with Gasteiger partial charge in [0.2, 0.25) is 5.56 Å². The maximum absolute atomic E-state index is 11.2. The van der Waals surface area contributed by atoms with Crippen LogP contribution in [0.5, 0.6) is 5.75 Å². The summed E-state index contributed by atoms with van der Waals surface area (Å²) < 4.78 is 11.6. The molecule has 0 spiro atoms. The molecule has 0 bridgehead atoms. The molecule has 4 heteroatoms. The Bertz CT molecular complexity index is 1090. The van der Waals surface area contributed by atoms with Crippen LogP contribution < -0.4 is 10.3 Å². The second-order valence-corrected chi connectivity index (χ2v) is 6.55. The third-order valence-electron chi connectivity index (χ3n) is 4.78. The van der Waals surface area contributed by atoms with E-state index < -0.39 is 0 Å². The molecule has 0 fully saturated rings. The average Bonchev–Trinajstić information content (AvgIpc) is 3.08. The topological polar surface area (TPSA) is 55.2 Å². The van der Waals surface area contributed by atoms with Crippen molar-refractivity contribution < 1.29 is 9.15 Å². The molecule has 0 aliphatic heterocycles. The summed E-state index contributed by atoms with van der Waals surface area (Å²) in [7, 11) is 1.66. The minimum absolute atomic E-state index is 0.0695. The van der Waals surface area contributed by atoms with Crippen molar-refractivity contribution >= 4 is 11.0 Å². The lowest BCUT2D eigenvalue weighted by Gasteiger charge is -2.04. The highest BCUT2D eigenvalue weighted by atomic mass is 16.5. The van der Waals surface area contributed by atoms with Crippen LogP contribution in [-0.4, -0.2) is 12.1 Å². The van der Waals surface area contributed by atoms with Gasteiger partial charge in [-0.1, -0.05) is 36.4 Å². The summed E-state index contributed by atoms with van der Waals surface area (Å²) in [6.07, 6.45) is 4.54. The SMILES string of the molecule is COc1ccc2c(CCCc3ccc(=O)[nH]c3)c(-c3ccccc3)oc2c1. The van der Waals surface area contributed by atoms with Gasteiger partial charge in [-0.25, -0.2) is 0 Å². The standard InChI is InChI=1S/C23H21NO3/c1-26-18-11-12-19-20(9-5-6-16-10-13-22(25)24-15-16)23(27-21(19)14-18)17-7-3-2-4-8-17/h2-4,7-8,10-15H,5-6,9H2,1H3,(H,24,25). The molecule has 0 saturated carbocycles. The fourth-order valence-electron chi connectivity index (χ4n) is 3.40. The van der Waals surface area contributed by atoms with Gasteiger partial charge in [0.25, 0.3) is 0 Å². The number of ether oxygens (including phenoxy) is 1. The first-order chi connectivity index (χ1) is 13.2. The lowest BCUT2D eigenvalue weighted by Crippen LogP contribution is -2.03. The summed E-state index contributed by atoms with van der Waals surface area (Å²) >= 11 is 0. The minimum Gasteiger partial charge on any atom is -0.497 e. The molecule has 0 aliphatic carbocycles.